The third-order valence-electron chi connectivity index (χ3n) is 2.03. The lowest BCUT2D eigenvalue weighted by atomic mass is 10.5. The van der Waals surface area contributed by atoms with Crippen molar-refractivity contribution in [3.05, 3.63) is 21.7 Å². The minimum atomic E-state index is -4.55. The molecular formula is C8H2BrF3N4S2. The first-order valence-electron chi connectivity index (χ1n) is 4.50. The predicted molar refractivity (Wildman–Crippen MR) is 64.7 cm³/mol. The van der Waals surface area contributed by atoms with Crippen LogP contribution in [0.3, 0.4) is 0 Å². The molecule has 0 aromatic carbocycles. The zero-order chi connectivity index (χ0) is 12.9. The van der Waals surface area contributed by atoms with Crippen LogP contribution < -0.4 is 0 Å². The Labute approximate surface area is 114 Å². The highest BCUT2D eigenvalue weighted by molar-refractivity contribution is 9.11. The Hall–Kier alpha value is -1.000. The molecule has 0 atom stereocenters. The summed E-state index contributed by atoms with van der Waals surface area (Å²) in [5, 5.41) is 11.0. The van der Waals surface area contributed by atoms with Crippen molar-refractivity contribution in [1.82, 2.24) is 19.8 Å². The maximum atomic E-state index is 12.6. The molecule has 94 valence electrons. The molecule has 3 rings (SSSR count). The summed E-state index contributed by atoms with van der Waals surface area (Å²) in [7, 11) is 0. The summed E-state index contributed by atoms with van der Waals surface area (Å²) in [6, 6.07) is 3.60. The van der Waals surface area contributed by atoms with E-state index >= 15 is 0 Å². The number of hydrogen-bond donors (Lipinski definition) is 0. The van der Waals surface area contributed by atoms with Gasteiger partial charge in [-0.05, 0) is 28.1 Å². The molecule has 0 N–H and O–H groups in total. The Morgan fingerprint density at radius 1 is 1.17 bits per heavy atom. The summed E-state index contributed by atoms with van der Waals surface area (Å²) in [5.41, 5.74) is 0. The highest BCUT2D eigenvalue weighted by Gasteiger charge is 2.38. The molecule has 4 nitrogen and oxygen atoms in total. The summed E-state index contributed by atoms with van der Waals surface area (Å²) in [6.07, 6.45) is -4.55. The van der Waals surface area contributed by atoms with Gasteiger partial charge in [0.1, 0.15) is 0 Å². The number of hydrogen-bond acceptors (Lipinski definition) is 5. The topological polar surface area (TPSA) is 43.1 Å². The Morgan fingerprint density at radius 3 is 2.56 bits per heavy atom. The number of alkyl halides is 3. The van der Waals surface area contributed by atoms with Crippen LogP contribution in [0.2, 0.25) is 0 Å². The lowest BCUT2D eigenvalue weighted by molar-refractivity contribution is -0.146. The van der Waals surface area contributed by atoms with Gasteiger partial charge in [0.2, 0.25) is 4.96 Å². The molecule has 0 unspecified atom stereocenters. The quantitative estimate of drug-likeness (QED) is 0.669. The standard InChI is InChI=1S/C8H2BrF3N4S2/c9-4-2-1-3(17-4)5-15-16-6(8(10,11)12)13-14-7(16)18-5/h1-2H. The SMILES string of the molecule is FC(F)(F)c1nnc2sc(-c3ccc(Br)s3)nn12. The van der Waals surface area contributed by atoms with Crippen LogP contribution in [0.15, 0.2) is 15.9 Å². The second kappa shape index (κ2) is 4.00. The Morgan fingerprint density at radius 2 is 1.94 bits per heavy atom. The summed E-state index contributed by atoms with van der Waals surface area (Å²) in [5.74, 6) is -1.10. The zero-order valence-electron chi connectivity index (χ0n) is 8.27. The van der Waals surface area contributed by atoms with E-state index < -0.39 is 12.0 Å². The number of halogens is 4. The van der Waals surface area contributed by atoms with Gasteiger partial charge in [-0.1, -0.05) is 11.3 Å². The molecule has 18 heavy (non-hydrogen) atoms. The summed E-state index contributed by atoms with van der Waals surface area (Å²) in [6.45, 7) is 0. The molecule has 0 saturated carbocycles. The molecule has 0 aliphatic carbocycles. The Balaban J connectivity index is 2.15. The van der Waals surface area contributed by atoms with Gasteiger partial charge >= 0.3 is 6.18 Å². The molecule has 0 spiro atoms. The van der Waals surface area contributed by atoms with Crippen molar-refractivity contribution in [3.8, 4) is 9.88 Å². The third kappa shape index (κ3) is 1.93. The van der Waals surface area contributed by atoms with Crippen LogP contribution in [0.25, 0.3) is 14.8 Å². The van der Waals surface area contributed by atoms with E-state index in [0.29, 0.717) is 5.01 Å². The predicted octanol–water partition coefficient (Wildman–Crippen LogP) is 3.70. The molecule has 0 bridgehead atoms. The van der Waals surface area contributed by atoms with Crippen molar-refractivity contribution in [3.63, 3.8) is 0 Å². The van der Waals surface area contributed by atoms with Crippen LogP contribution in [0.4, 0.5) is 13.2 Å². The second-order valence-corrected chi connectivity index (χ2v) is 6.65. The molecule has 0 aliphatic heterocycles. The van der Waals surface area contributed by atoms with Crippen molar-refractivity contribution in [2.45, 2.75) is 6.18 Å². The van der Waals surface area contributed by atoms with E-state index in [2.05, 4.69) is 31.2 Å². The van der Waals surface area contributed by atoms with E-state index in [9.17, 15) is 13.2 Å². The van der Waals surface area contributed by atoms with Crippen LogP contribution in [-0.2, 0) is 6.18 Å². The van der Waals surface area contributed by atoms with Gasteiger partial charge in [-0.2, -0.15) is 22.8 Å². The first-order valence-corrected chi connectivity index (χ1v) is 6.93. The summed E-state index contributed by atoms with van der Waals surface area (Å²) >= 11 is 5.75. The molecule has 3 aromatic rings. The van der Waals surface area contributed by atoms with Crippen LogP contribution in [0, 0.1) is 0 Å². The first-order chi connectivity index (χ1) is 8.45. The van der Waals surface area contributed by atoms with E-state index in [0.717, 1.165) is 24.5 Å². The lowest BCUT2D eigenvalue weighted by Gasteiger charge is -1.99. The van der Waals surface area contributed by atoms with Gasteiger partial charge in [0.15, 0.2) is 5.01 Å². The highest BCUT2D eigenvalue weighted by Crippen LogP contribution is 2.35. The molecule has 3 aromatic heterocycles. The fourth-order valence-corrected chi connectivity index (χ4v) is 3.60. The van der Waals surface area contributed by atoms with Gasteiger partial charge in [0, 0.05) is 0 Å². The van der Waals surface area contributed by atoms with Gasteiger partial charge in [-0.25, -0.2) is 0 Å². The van der Waals surface area contributed by atoms with Gasteiger partial charge in [0.25, 0.3) is 5.82 Å². The largest absolute Gasteiger partial charge is 0.453 e. The minimum Gasteiger partial charge on any atom is -0.178 e. The fourth-order valence-electron chi connectivity index (χ4n) is 1.32. The van der Waals surface area contributed by atoms with Crippen molar-refractivity contribution < 1.29 is 13.2 Å². The van der Waals surface area contributed by atoms with Gasteiger partial charge in [-0.15, -0.1) is 21.5 Å². The van der Waals surface area contributed by atoms with Crippen LogP contribution in [-0.4, -0.2) is 19.8 Å². The lowest BCUT2D eigenvalue weighted by Crippen LogP contribution is -2.11. The molecular weight excluding hydrogens is 353 g/mol. The van der Waals surface area contributed by atoms with E-state index in [1.165, 1.54) is 11.3 Å². The minimum absolute atomic E-state index is 0.127. The Kier molecular flexibility index (Phi) is 2.68. The number of rotatable bonds is 1. The molecule has 10 heteroatoms. The van der Waals surface area contributed by atoms with Crippen LogP contribution >= 0.6 is 38.6 Å². The fraction of sp³-hybridized carbons (Fsp3) is 0.125. The van der Waals surface area contributed by atoms with E-state index in [1.807, 2.05) is 6.07 Å². The molecule has 0 fully saturated rings. The van der Waals surface area contributed by atoms with Crippen molar-refractivity contribution in [1.29, 1.82) is 0 Å². The average Bonchev–Trinajstić information content (AvgIpc) is 2.87. The van der Waals surface area contributed by atoms with Crippen LogP contribution in [0.5, 0.6) is 0 Å². The summed E-state index contributed by atoms with van der Waals surface area (Å²) in [4.78, 5) is 0.910. The van der Waals surface area contributed by atoms with Gasteiger partial charge < -0.3 is 0 Å². The number of fused-ring (bicyclic) bond motifs is 1. The average molecular weight is 355 g/mol. The van der Waals surface area contributed by atoms with Crippen LogP contribution in [0.1, 0.15) is 5.82 Å². The number of thiophene rings is 1. The van der Waals surface area contributed by atoms with Gasteiger partial charge in [0.05, 0.1) is 8.66 Å². The smallest absolute Gasteiger partial charge is 0.178 e. The maximum Gasteiger partial charge on any atom is 0.453 e. The van der Waals surface area contributed by atoms with E-state index in [1.54, 1.807) is 6.07 Å². The normalized spacial score (nSPS) is 12.4. The monoisotopic (exact) mass is 354 g/mol. The van der Waals surface area contributed by atoms with Crippen molar-refractivity contribution >= 4 is 43.6 Å². The van der Waals surface area contributed by atoms with E-state index in [-0.39, 0.29) is 4.96 Å². The van der Waals surface area contributed by atoms with Gasteiger partial charge in [-0.3, -0.25) is 0 Å². The Bertz CT molecular complexity index is 713. The second-order valence-electron chi connectivity index (χ2n) is 3.23. The molecule has 3 heterocycles. The molecule has 0 amide bonds. The zero-order valence-corrected chi connectivity index (χ0v) is 11.5. The van der Waals surface area contributed by atoms with Crippen molar-refractivity contribution in [2.24, 2.45) is 0 Å². The summed E-state index contributed by atoms with van der Waals surface area (Å²) < 4.78 is 39.4. The first kappa shape index (κ1) is 12.1. The molecule has 0 radical (unpaired) electrons. The number of aromatic nitrogens is 4. The number of nitrogens with zero attached hydrogens (tertiary/aromatic N) is 4. The third-order valence-corrected chi connectivity index (χ3v) is 4.72. The van der Waals surface area contributed by atoms with E-state index in [4.69, 9.17) is 0 Å². The maximum absolute atomic E-state index is 12.6. The molecule has 0 aliphatic rings. The molecule has 0 saturated heterocycles. The highest BCUT2D eigenvalue weighted by atomic mass is 79.9. The van der Waals surface area contributed by atoms with Crippen molar-refractivity contribution in [2.75, 3.05) is 0 Å².